The Balaban J connectivity index is 1.52. The van der Waals surface area contributed by atoms with Gasteiger partial charge in [-0.1, -0.05) is 6.07 Å². The van der Waals surface area contributed by atoms with Crippen LogP contribution < -0.4 is 20.5 Å². The van der Waals surface area contributed by atoms with Crippen LogP contribution in [0.5, 0.6) is 11.5 Å². The lowest BCUT2D eigenvalue weighted by atomic mass is 10.2. The summed E-state index contributed by atoms with van der Waals surface area (Å²) >= 11 is 2.95. The Morgan fingerprint density at radius 3 is 2.93 bits per heavy atom. The van der Waals surface area contributed by atoms with Gasteiger partial charge in [-0.3, -0.25) is 15.0 Å². The highest BCUT2D eigenvalue weighted by Gasteiger charge is 2.18. The van der Waals surface area contributed by atoms with Crippen LogP contribution in [0.2, 0.25) is 0 Å². The van der Waals surface area contributed by atoms with Gasteiger partial charge in [-0.2, -0.15) is 0 Å². The second-order valence-electron chi connectivity index (χ2n) is 5.74. The van der Waals surface area contributed by atoms with Crippen molar-refractivity contribution in [2.24, 2.45) is 0 Å². The molecule has 1 aliphatic rings. The molecular weight excluding hydrogens is 386 g/mol. The highest BCUT2D eigenvalue weighted by Crippen LogP contribution is 2.34. The third-order valence-corrected chi connectivity index (χ3v) is 5.93. The van der Waals surface area contributed by atoms with Gasteiger partial charge in [0.15, 0.2) is 11.5 Å². The van der Waals surface area contributed by atoms with Gasteiger partial charge in [-0.15, -0.1) is 22.7 Å². The zero-order chi connectivity index (χ0) is 18.4. The monoisotopic (exact) mass is 397 g/mol. The molecule has 9 heteroatoms. The Hall–Kier alpha value is -3.17. The molecule has 0 saturated carbocycles. The van der Waals surface area contributed by atoms with E-state index in [2.05, 4.69) is 10.4 Å². The molecule has 1 amide bonds. The van der Waals surface area contributed by atoms with Gasteiger partial charge in [-0.05, 0) is 29.6 Å². The van der Waals surface area contributed by atoms with Crippen LogP contribution in [0.15, 0.2) is 52.2 Å². The fourth-order valence-corrected chi connectivity index (χ4v) is 4.56. The van der Waals surface area contributed by atoms with E-state index in [1.54, 1.807) is 29.5 Å². The molecule has 1 aliphatic heterocycles. The van der Waals surface area contributed by atoms with Crippen LogP contribution in [0.25, 0.3) is 20.7 Å². The summed E-state index contributed by atoms with van der Waals surface area (Å²) in [4.78, 5) is 31.4. The van der Waals surface area contributed by atoms with Gasteiger partial charge in [0.2, 0.25) is 6.79 Å². The lowest BCUT2D eigenvalue weighted by Gasteiger charge is -2.08. The van der Waals surface area contributed by atoms with Gasteiger partial charge < -0.3 is 9.47 Å². The molecule has 5 rings (SSSR count). The van der Waals surface area contributed by atoms with Crippen LogP contribution >= 0.6 is 22.7 Å². The summed E-state index contributed by atoms with van der Waals surface area (Å²) in [6, 6.07) is 8.74. The van der Waals surface area contributed by atoms with Gasteiger partial charge in [0.25, 0.3) is 11.5 Å². The third kappa shape index (κ3) is 2.68. The summed E-state index contributed by atoms with van der Waals surface area (Å²) in [6.07, 6.45) is 1.32. The van der Waals surface area contributed by atoms with Crippen molar-refractivity contribution < 1.29 is 14.3 Å². The number of benzene rings is 1. The maximum atomic E-state index is 12.9. The minimum Gasteiger partial charge on any atom is -0.454 e. The number of hydrogen-bond donors (Lipinski definition) is 1. The molecule has 0 radical (unpaired) electrons. The number of nitrogens with one attached hydrogen (secondary N) is 1. The van der Waals surface area contributed by atoms with Gasteiger partial charge in [0.1, 0.15) is 11.2 Å². The van der Waals surface area contributed by atoms with E-state index in [-0.39, 0.29) is 12.4 Å². The molecule has 27 heavy (non-hydrogen) atoms. The predicted molar refractivity (Wildman–Crippen MR) is 103 cm³/mol. The van der Waals surface area contributed by atoms with Crippen molar-refractivity contribution in [3.8, 4) is 21.9 Å². The Morgan fingerprint density at radius 2 is 2.07 bits per heavy atom. The molecule has 3 aromatic heterocycles. The largest absolute Gasteiger partial charge is 0.454 e. The van der Waals surface area contributed by atoms with Gasteiger partial charge in [-0.25, -0.2) is 9.66 Å². The number of nitrogens with zero attached hydrogens (tertiary/aromatic N) is 2. The first-order valence-corrected chi connectivity index (χ1v) is 9.70. The van der Waals surface area contributed by atoms with Crippen molar-refractivity contribution in [3.05, 3.63) is 63.3 Å². The molecule has 4 aromatic rings. The predicted octanol–water partition coefficient (Wildman–Crippen LogP) is 3.30. The molecule has 0 saturated heterocycles. The van der Waals surface area contributed by atoms with Crippen LogP contribution in [0.4, 0.5) is 0 Å². The Morgan fingerprint density at radius 1 is 1.19 bits per heavy atom. The highest BCUT2D eigenvalue weighted by atomic mass is 32.1. The number of carbonyl (C=O) groups excluding carboxylic acids is 1. The smallest absolute Gasteiger partial charge is 0.281 e. The average molecular weight is 397 g/mol. The maximum Gasteiger partial charge on any atom is 0.281 e. The molecule has 1 N–H and O–H groups in total. The molecule has 0 aliphatic carbocycles. The fraction of sp³-hybridized carbons (Fsp3) is 0.0556. The second kappa shape index (κ2) is 6.22. The summed E-state index contributed by atoms with van der Waals surface area (Å²) in [5.41, 5.74) is 3.45. The van der Waals surface area contributed by atoms with E-state index in [4.69, 9.17) is 9.47 Å². The molecule has 0 atom stereocenters. The number of carbonyl (C=O) groups is 1. The lowest BCUT2D eigenvalue weighted by Crippen LogP contribution is -2.33. The molecule has 4 heterocycles. The first-order chi connectivity index (χ1) is 13.2. The minimum absolute atomic E-state index is 0.129. The molecule has 1 aromatic carbocycles. The summed E-state index contributed by atoms with van der Waals surface area (Å²) in [7, 11) is 0. The van der Waals surface area contributed by atoms with E-state index in [1.807, 2.05) is 22.9 Å². The first-order valence-electron chi connectivity index (χ1n) is 7.94. The normalized spacial score (nSPS) is 12.4. The number of thiophene rings is 2. The Labute approximate surface area is 160 Å². The topological polar surface area (TPSA) is 82.5 Å². The van der Waals surface area contributed by atoms with E-state index in [0.29, 0.717) is 27.3 Å². The summed E-state index contributed by atoms with van der Waals surface area (Å²) in [5, 5.41) is 4.36. The van der Waals surface area contributed by atoms with E-state index >= 15 is 0 Å². The summed E-state index contributed by atoms with van der Waals surface area (Å²) in [5.74, 6) is 0.650. The van der Waals surface area contributed by atoms with Crippen molar-refractivity contribution in [2.75, 3.05) is 12.2 Å². The van der Waals surface area contributed by atoms with Crippen LogP contribution in [-0.4, -0.2) is 22.4 Å². The molecule has 0 bridgehead atoms. The number of aromatic nitrogens is 2. The molecule has 0 fully saturated rings. The van der Waals surface area contributed by atoms with E-state index < -0.39 is 5.91 Å². The Bertz CT molecular complexity index is 1230. The lowest BCUT2D eigenvalue weighted by molar-refractivity contribution is 0.101. The van der Waals surface area contributed by atoms with Crippen molar-refractivity contribution >= 4 is 38.8 Å². The van der Waals surface area contributed by atoms with Gasteiger partial charge in [0.05, 0.1) is 5.39 Å². The quantitative estimate of drug-likeness (QED) is 0.574. The summed E-state index contributed by atoms with van der Waals surface area (Å²) < 4.78 is 11.6. The van der Waals surface area contributed by atoms with Crippen LogP contribution in [0.1, 0.15) is 10.4 Å². The molecule has 0 unspecified atom stereocenters. The zero-order valence-corrected chi connectivity index (χ0v) is 15.3. The highest BCUT2D eigenvalue weighted by molar-refractivity contribution is 7.18. The molecular formula is C18H11N3O4S2. The zero-order valence-electron chi connectivity index (χ0n) is 13.7. The number of amides is 1. The molecule has 0 spiro atoms. The molecule has 7 nitrogen and oxygen atoms in total. The molecule has 134 valence electrons. The standard InChI is InChI=1S/C18H11N3O4S2/c22-16(10-3-4-12-13(6-10)25-9-24-12)20-21-8-19-17-15(18(21)23)11(7-27-17)14-2-1-5-26-14/h1-8H,9H2,(H,20,22). The fourth-order valence-electron chi connectivity index (χ4n) is 2.84. The number of hydrogen-bond acceptors (Lipinski definition) is 7. The van der Waals surface area contributed by atoms with E-state index in [9.17, 15) is 9.59 Å². The second-order valence-corrected chi connectivity index (χ2v) is 7.54. The Kier molecular flexibility index (Phi) is 3.69. The summed E-state index contributed by atoms with van der Waals surface area (Å²) in [6.45, 7) is 0.129. The number of ether oxygens (including phenoxy) is 2. The van der Waals surface area contributed by atoms with E-state index in [1.165, 1.54) is 17.7 Å². The third-order valence-electron chi connectivity index (χ3n) is 4.14. The van der Waals surface area contributed by atoms with Crippen molar-refractivity contribution in [3.63, 3.8) is 0 Å². The average Bonchev–Trinajstić information content (AvgIpc) is 3.43. The van der Waals surface area contributed by atoms with Crippen molar-refractivity contribution in [2.45, 2.75) is 0 Å². The number of rotatable bonds is 3. The van der Waals surface area contributed by atoms with E-state index in [0.717, 1.165) is 15.1 Å². The van der Waals surface area contributed by atoms with Crippen molar-refractivity contribution in [1.82, 2.24) is 9.66 Å². The van der Waals surface area contributed by atoms with Crippen LogP contribution in [-0.2, 0) is 0 Å². The first kappa shape index (κ1) is 16.0. The number of fused-ring (bicyclic) bond motifs is 2. The van der Waals surface area contributed by atoms with Crippen LogP contribution in [0, 0.1) is 0 Å². The minimum atomic E-state index is -0.440. The maximum absolute atomic E-state index is 12.9. The van der Waals surface area contributed by atoms with Gasteiger partial charge >= 0.3 is 0 Å². The van der Waals surface area contributed by atoms with Gasteiger partial charge in [0, 0.05) is 21.4 Å². The van der Waals surface area contributed by atoms with Crippen LogP contribution in [0.3, 0.4) is 0 Å². The SMILES string of the molecule is O=C(Nn1cnc2scc(-c3cccs3)c2c1=O)c1ccc2c(c1)OCO2. The van der Waals surface area contributed by atoms with Crippen molar-refractivity contribution in [1.29, 1.82) is 0 Å².